The van der Waals surface area contributed by atoms with Crippen molar-refractivity contribution >= 4 is 5.70 Å². The second kappa shape index (κ2) is 10.4. The van der Waals surface area contributed by atoms with E-state index in [2.05, 4.69) is 84.2 Å². The molecule has 2 aliphatic rings. The number of piperidine rings is 1. The molecule has 2 aliphatic heterocycles. The van der Waals surface area contributed by atoms with Crippen molar-refractivity contribution in [1.29, 1.82) is 0 Å². The molecule has 3 nitrogen and oxygen atoms in total. The summed E-state index contributed by atoms with van der Waals surface area (Å²) < 4.78 is 0. The maximum absolute atomic E-state index is 4.45. The predicted octanol–water partition coefficient (Wildman–Crippen LogP) is 6.23. The molecule has 0 bridgehead atoms. The van der Waals surface area contributed by atoms with E-state index in [4.69, 9.17) is 0 Å². The Bertz CT molecular complexity index is 1010. The van der Waals surface area contributed by atoms with Gasteiger partial charge in [0, 0.05) is 37.1 Å². The van der Waals surface area contributed by atoms with Crippen molar-refractivity contribution < 1.29 is 0 Å². The maximum Gasteiger partial charge on any atom is 0.0688 e. The number of likely N-dealkylation sites (tertiary alicyclic amines) is 1. The number of aryl methyl sites for hydroxylation is 1. The fraction of sp³-hybridized carbons (Fsp3) is 0.400. The molecule has 2 aromatic rings. The second-order valence-corrected chi connectivity index (χ2v) is 9.69. The SMILES string of the molecule is C=CCCC(C(=C)NC)N1Cc2cc(C3CCN(Cc4cccc(C)c4)CC3)ccc2C1=C. The Morgan fingerprint density at radius 3 is 2.67 bits per heavy atom. The Kier molecular flexibility index (Phi) is 7.39. The van der Waals surface area contributed by atoms with Crippen molar-refractivity contribution in [2.45, 2.75) is 57.7 Å². The van der Waals surface area contributed by atoms with E-state index in [1.165, 1.54) is 53.7 Å². The molecule has 0 aromatic heterocycles. The zero-order chi connectivity index (χ0) is 23.4. The lowest BCUT2D eigenvalue weighted by atomic mass is 9.87. The number of fused-ring (bicyclic) bond motifs is 1. The van der Waals surface area contributed by atoms with E-state index in [1.54, 1.807) is 0 Å². The summed E-state index contributed by atoms with van der Waals surface area (Å²) in [6, 6.07) is 16.3. The van der Waals surface area contributed by atoms with E-state index in [-0.39, 0.29) is 6.04 Å². The summed E-state index contributed by atoms with van der Waals surface area (Å²) in [4.78, 5) is 5.02. The van der Waals surface area contributed by atoms with Gasteiger partial charge >= 0.3 is 0 Å². The monoisotopic (exact) mass is 441 g/mol. The summed E-state index contributed by atoms with van der Waals surface area (Å²) in [6.45, 7) is 19.1. The molecule has 0 aliphatic carbocycles. The van der Waals surface area contributed by atoms with Crippen molar-refractivity contribution in [2.24, 2.45) is 0 Å². The number of likely N-dealkylation sites (N-methyl/N-ethyl adjacent to an activating group) is 1. The number of benzene rings is 2. The fourth-order valence-corrected chi connectivity index (χ4v) is 5.47. The first kappa shape index (κ1) is 23.4. The Balaban J connectivity index is 1.41. The largest absolute Gasteiger partial charge is 0.390 e. The van der Waals surface area contributed by atoms with Gasteiger partial charge in [0.1, 0.15) is 0 Å². The Labute approximate surface area is 200 Å². The fourth-order valence-electron chi connectivity index (χ4n) is 5.47. The van der Waals surface area contributed by atoms with Gasteiger partial charge in [-0.05, 0) is 68.3 Å². The lowest BCUT2D eigenvalue weighted by molar-refractivity contribution is 0.204. The molecule has 174 valence electrons. The Hall–Kier alpha value is -2.78. The molecule has 33 heavy (non-hydrogen) atoms. The van der Waals surface area contributed by atoms with Gasteiger partial charge in [0.25, 0.3) is 0 Å². The smallest absolute Gasteiger partial charge is 0.0688 e. The van der Waals surface area contributed by atoms with Gasteiger partial charge in [-0.1, -0.05) is 67.3 Å². The first-order valence-corrected chi connectivity index (χ1v) is 12.3. The van der Waals surface area contributed by atoms with Crippen LogP contribution in [0.1, 0.15) is 59.4 Å². The summed E-state index contributed by atoms with van der Waals surface area (Å²) in [5.74, 6) is 0.648. The third-order valence-corrected chi connectivity index (χ3v) is 7.42. The van der Waals surface area contributed by atoms with Crippen molar-refractivity contribution in [3.8, 4) is 0 Å². The Morgan fingerprint density at radius 2 is 1.97 bits per heavy atom. The van der Waals surface area contributed by atoms with Crippen LogP contribution in [0.2, 0.25) is 0 Å². The zero-order valence-electron chi connectivity index (χ0n) is 20.4. The van der Waals surface area contributed by atoms with Crippen LogP contribution in [0.4, 0.5) is 0 Å². The first-order chi connectivity index (χ1) is 16.0. The minimum absolute atomic E-state index is 0.237. The van der Waals surface area contributed by atoms with E-state index in [0.717, 1.165) is 37.3 Å². The third-order valence-electron chi connectivity index (χ3n) is 7.42. The highest BCUT2D eigenvalue weighted by Gasteiger charge is 2.30. The molecular weight excluding hydrogens is 402 g/mol. The molecule has 1 N–H and O–H groups in total. The highest BCUT2D eigenvalue weighted by molar-refractivity contribution is 5.70. The van der Waals surface area contributed by atoms with Crippen LogP contribution in [-0.2, 0) is 13.1 Å². The van der Waals surface area contributed by atoms with Gasteiger partial charge in [0.2, 0.25) is 0 Å². The van der Waals surface area contributed by atoms with Crippen molar-refractivity contribution in [3.05, 3.63) is 102 Å². The number of nitrogens with zero attached hydrogens (tertiary/aromatic N) is 2. The van der Waals surface area contributed by atoms with Gasteiger partial charge in [-0.2, -0.15) is 0 Å². The minimum atomic E-state index is 0.237. The molecule has 1 fully saturated rings. The molecule has 3 heteroatoms. The number of nitrogens with one attached hydrogen (secondary N) is 1. The maximum atomic E-state index is 4.45. The summed E-state index contributed by atoms with van der Waals surface area (Å²) >= 11 is 0. The molecule has 0 amide bonds. The standard InChI is InChI=1S/C30H39N3/c1-6-7-11-30(23(3)31-5)33-21-28-19-27(12-13-29(28)24(33)4)26-14-16-32(17-15-26)20-25-10-8-9-22(2)18-25/h6,8-10,12-13,18-19,26,30-31H,1,3-4,7,11,14-17,20-21H2,2,5H3. The quantitative estimate of drug-likeness (QED) is 0.466. The van der Waals surface area contributed by atoms with E-state index in [1.807, 2.05) is 13.1 Å². The molecule has 1 unspecified atom stereocenters. The number of hydrogen-bond acceptors (Lipinski definition) is 3. The second-order valence-electron chi connectivity index (χ2n) is 9.69. The molecule has 2 heterocycles. The van der Waals surface area contributed by atoms with Crippen LogP contribution >= 0.6 is 0 Å². The lowest BCUT2D eigenvalue weighted by Crippen LogP contribution is -2.35. The molecular formula is C30H39N3. The normalized spacial score (nSPS) is 17.6. The van der Waals surface area contributed by atoms with Crippen molar-refractivity contribution in [1.82, 2.24) is 15.1 Å². The number of allylic oxidation sites excluding steroid dienone is 1. The van der Waals surface area contributed by atoms with Crippen LogP contribution in [-0.4, -0.2) is 36.0 Å². The third kappa shape index (κ3) is 5.25. The topological polar surface area (TPSA) is 18.5 Å². The first-order valence-electron chi connectivity index (χ1n) is 12.3. The van der Waals surface area contributed by atoms with Crippen LogP contribution in [0.15, 0.2) is 74.0 Å². The molecule has 4 rings (SSSR count). The van der Waals surface area contributed by atoms with E-state index < -0.39 is 0 Å². The van der Waals surface area contributed by atoms with Crippen molar-refractivity contribution in [2.75, 3.05) is 20.1 Å². The number of hydrogen-bond donors (Lipinski definition) is 1. The summed E-state index contributed by atoms with van der Waals surface area (Å²) in [7, 11) is 1.96. The average molecular weight is 442 g/mol. The number of rotatable bonds is 9. The highest BCUT2D eigenvalue weighted by Crippen LogP contribution is 2.38. The van der Waals surface area contributed by atoms with E-state index in [9.17, 15) is 0 Å². The average Bonchev–Trinajstić information content (AvgIpc) is 3.15. The van der Waals surface area contributed by atoms with Gasteiger partial charge in [0.15, 0.2) is 0 Å². The summed E-state index contributed by atoms with van der Waals surface area (Å²) in [6.07, 6.45) is 6.42. The van der Waals surface area contributed by atoms with Crippen LogP contribution in [0.25, 0.3) is 5.70 Å². The van der Waals surface area contributed by atoms with Crippen molar-refractivity contribution in [3.63, 3.8) is 0 Å². The molecule has 1 saturated heterocycles. The van der Waals surface area contributed by atoms with Crippen LogP contribution in [0, 0.1) is 6.92 Å². The summed E-state index contributed by atoms with van der Waals surface area (Å²) in [5, 5.41) is 3.27. The van der Waals surface area contributed by atoms with Gasteiger partial charge in [0.05, 0.1) is 6.04 Å². The van der Waals surface area contributed by atoms with Crippen LogP contribution < -0.4 is 5.32 Å². The molecule has 0 spiro atoms. The van der Waals surface area contributed by atoms with Crippen LogP contribution in [0.3, 0.4) is 0 Å². The molecule has 1 atom stereocenters. The molecule has 2 aromatic carbocycles. The van der Waals surface area contributed by atoms with Gasteiger partial charge in [-0.15, -0.1) is 6.58 Å². The van der Waals surface area contributed by atoms with Crippen LogP contribution in [0.5, 0.6) is 0 Å². The zero-order valence-corrected chi connectivity index (χ0v) is 20.4. The highest BCUT2D eigenvalue weighted by atomic mass is 15.2. The molecule has 0 radical (unpaired) electrons. The van der Waals surface area contributed by atoms with Gasteiger partial charge in [-0.3, -0.25) is 4.90 Å². The minimum Gasteiger partial charge on any atom is -0.390 e. The van der Waals surface area contributed by atoms with Gasteiger partial charge in [-0.25, -0.2) is 0 Å². The van der Waals surface area contributed by atoms with E-state index >= 15 is 0 Å². The predicted molar refractivity (Wildman–Crippen MR) is 141 cm³/mol. The van der Waals surface area contributed by atoms with E-state index in [0.29, 0.717) is 5.92 Å². The Morgan fingerprint density at radius 1 is 1.18 bits per heavy atom. The molecule has 0 saturated carbocycles. The van der Waals surface area contributed by atoms with Gasteiger partial charge < -0.3 is 10.2 Å². The lowest BCUT2D eigenvalue weighted by Gasteiger charge is -2.32. The summed E-state index contributed by atoms with van der Waals surface area (Å²) in [5.41, 5.74) is 9.14.